The topological polar surface area (TPSA) is 59.2 Å². The number of aryl methyl sites for hydroxylation is 2. The van der Waals surface area contributed by atoms with E-state index in [0.29, 0.717) is 13.1 Å². The van der Waals surface area contributed by atoms with Gasteiger partial charge in [-0.25, -0.2) is 4.98 Å². The zero-order valence-corrected chi connectivity index (χ0v) is 9.10. The van der Waals surface area contributed by atoms with Crippen molar-refractivity contribution in [1.29, 1.82) is 0 Å². The molecule has 14 heavy (non-hydrogen) atoms. The first-order valence-corrected chi connectivity index (χ1v) is 5.38. The number of hydrogen-bond acceptors (Lipinski definition) is 4. The molecule has 0 saturated carbocycles. The summed E-state index contributed by atoms with van der Waals surface area (Å²) in [6.07, 6.45) is 0. The maximum atomic E-state index is 11.8. The Morgan fingerprint density at radius 3 is 2.64 bits per heavy atom. The normalized spacial score (nSPS) is 16.9. The molecular formula is C9H13N3OS. The van der Waals surface area contributed by atoms with E-state index in [0.717, 1.165) is 15.6 Å². The fraction of sp³-hybridized carbons (Fsp3) is 0.556. The predicted octanol–water partition coefficient (Wildman–Crippen LogP) is 0.543. The van der Waals surface area contributed by atoms with Crippen LogP contribution in [0.2, 0.25) is 0 Å². The number of thiazole rings is 1. The average molecular weight is 211 g/mol. The molecule has 0 unspecified atom stereocenters. The van der Waals surface area contributed by atoms with Gasteiger partial charge in [0, 0.05) is 19.1 Å². The summed E-state index contributed by atoms with van der Waals surface area (Å²) < 4.78 is 0. The molecule has 0 radical (unpaired) electrons. The van der Waals surface area contributed by atoms with Gasteiger partial charge in [-0.1, -0.05) is 0 Å². The SMILES string of the molecule is Cc1nc(C)c(C(=O)N2CC(N)C2)s1. The first-order chi connectivity index (χ1) is 6.58. The van der Waals surface area contributed by atoms with E-state index < -0.39 is 0 Å². The van der Waals surface area contributed by atoms with E-state index >= 15 is 0 Å². The van der Waals surface area contributed by atoms with Gasteiger partial charge in [0.15, 0.2) is 0 Å². The van der Waals surface area contributed by atoms with Gasteiger partial charge in [-0.2, -0.15) is 0 Å². The highest BCUT2D eigenvalue weighted by Gasteiger charge is 2.30. The van der Waals surface area contributed by atoms with E-state index in [4.69, 9.17) is 5.73 Å². The Balaban J connectivity index is 2.15. The number of carbonyl (C=O) groups excluding carboxylic acids is 1. The van der Waals surface area contributed by atoms with Crippen LogP contribution in [0.4, 0.5) is 0 Å². The van der Waals surface area contributed by atoms with E-state index in [1.165, 1.54) is 11.3 Å². The fourth-order valence-corrected chi connectivity index (χ4v) is 2.44. The third-order valence-corrected chi connectivity index (χ3v) is 3.36. The summed E-state index contributed by atoms with van der Waals surface area (Å²) in [4.78, 5) is 18.6. The fourth-order valence-electron chi connectivity index (χ4n) is 1.55. The van der Waals surface area contributed by atoms with Crippen molar-refractivity contribution in [3.05, 3.63) is 15.6 Å². The second-order valence-electron chi connectivity index (χ2n) is 3.62. The molecule has 0 aliphatic carbocycles. The smallest absolute Gasteiger partial charge is 0.265 e. The van der Waals surface area contributed by atoms with Crippen molar-refractivity contribution in [3.8, 4) is 0 Å². The highest BCUT2D eigenvalue weighted by Crippen LogP contribution is 2.21. The number of nitrogens with two attached hydrogens (primary N) is 1. The number of nitrogens with zero attached hydrogens (tertiary/aromatic N) is 2. The Morgan fingerprint density at radius 1 is 1.57 bits per heavy atom. The highest BCUT2D eigenvalue weighted by atomic mass is 32.1. The number of aromatic nitrogens is 1. The van der Waals surface area contributed by atoms with Gasteiger partial charge in [0.2, 0.25) is 0 Å². The summed E-state index contributed by atoms with van der Waals surface area (Å²) in [5.41, 5.74) is 6.45. The Hall–Kier alpha value is -0.940. The van der Waals surface area contributed by atoms with Gasteiger partial charge in [0.1, 0.15) is 4.88 Å². The maximum Gasteiger partial charge on any atom is 0.265 e. The van der Waals surface area contributed by atoms with Crippen molar-refractivity contribution < 1.29 is 4.79 Å². The third kappa shape index (κ3) is 1.53. The molecule has 4 nitrogen and oxygen atoms in total. The van der Waals surface area contributed by atoms with E-state index in [2.05, 4.69) is 4.98 Å². The number of likely N-dealkylation sites (tertiary alicyclic amines) is 1. The van der Waals surface area contributed by atoms with Crippen LogP contribution in [0.25, 0.3) is 0 Å². The van der Waals surface area contributed by atoms with Gasteiger partial charge in [0.05, 0.1) is 10.7 Å². The van der Waals surface area contributed by atoms with Crippen LogP contribution in [0.15, 0.2) is 0 Å². The monoisotopic (exact) mass is 211 g/mol. The quantitative estimate of drug-likeness (QED) is 0.737. The third-order valence-electron chi connectivity index (χ3n) is 2.29. The predicted molar refractivity (Wildman–Crippen MR) is 55.5 cm³/mol. The summed E-state index contributed by atoms with van der Waals surface area (Å²) in [7, 11) is 0. The summed E-state index contributed by atoms with van der Waals surface area (Å²) in [5.74, 6) is 0.0785. The van der Waals surface area contributed by atoms with Gasteiger partial charge in [0.25, 0.3) is 5.91 Å². The average Bonchev–Trinajstić information content (AvgIpc) is 2.39. The van der Waals surface area contributed by atoms with Crippen molar-refractivity contribution in [2.45, 2.75) is 19.9 Å². The zero-order chi connectivity index (χ0) is 10.3. The summed E-state index contributed by atoms with van der Waals surface area (Å²) in [5, 5.41) is 0.940. The molecule has 0 aromatic carbocycles. The largest absolute Gasteiger partial charge is 0.335 e. The molecule has 1 saturated heterocycles. The van der Waals surface area contributed by atoms with Crippen LogP contribution in [0.1, 0.15) is 20.4 Å². The van der Waals surface area contributed by atoms with Gasteiger partial charge in [-0.05, 0) is 13.8 Å². The summed E-state index contributed by atoms with van der Waals surface area (Å²) in [6, 6.07) is 0.160. The van der Waals surface area contributed by atoms with E-state index in [9.17, 15) is 4.79 Å². The standard InChI is InChI=1S/C9H13N3OS/c1-5-8(14-6(2)11-5)9(13)12-3-7(10)4-12/h7H,3-4,10H2,1-2H3. The van der Waals surface area contributed by atoms with Crippen LogP contribution in [0, 0.1) is 13.8 Å². The zero-order valence-electron chi connectivity index (χ0n) is 8.28. The Kier molecular flexibility index (Phi) is 2.28. The van der Waals surface area contributed by atoms with E-state index in [1.54, 1.807) is 4.90 Å². The molecule has 1 amide bonds. The lowest BCUT2D eigenvalue weighted by Crippen LogP contribution is -2.57. The molecule has 2 rings (SSSR count). The lowest BCUT2D eigenvalue weighted by atomic mass is 10.1. The molecule has 1 aliphatic heterocycles. The number of hydrogen-bond donors (Lipinski definition) is 1. The van der Waals surface area contributed by atoms with Crippen LogP contribution in [-0.4, -0.2) is 34.9 Å². The van der Waals surface area contributed by atoms with Crippen LogP contribution in [-0.2, 0) is 0 Å². The number of carbonyl (C=O) groups is 1. The molecule has 1 aliphatic rings. The Labute approximate surface area is 86.7 Å². The van der Waals surface area contributed by atoms with E-state index in [1.807, 2.05) is 13.8 Å². The molecule has 2 N–H and O–H groups in total. The summed E-state index contributed by atoms with van der Waals surface area (Å²) in [6.45, 7) is 5.14. The first-order valence-electron chi connectivity index (χ1n) is 4.57. The summed E-state index contributed by atoms with van der Waals surface area (Å²) >= 11 is 1.46. The van der Waals surface area contributed by atoms with Gasteiger partial charge < -0.3 is 10.6 Å². The highest BCUT2D eigenvalue weighted by molar-refractivity contribution is 7.13. The molecule has 5 heteroatoms. The molecule has 1 fully saturated rings. The lowest BCUT2D eigenvalue weighted by molar-refractivity contribution is 0.0612. The van der Waals surface area contributed by atoms with Crippen LogP contribution >= 0.6 is 11.3 Å². The first kappa shape index (κ1) is 9.61. The van der Waals surface area contributed by atoms with Crippen LogP contribution in [0.5, 0.6) is 0 Å². The second-order valence-corrected chi connectivity index (χ2v) is 4.82. The molecular weight excluding hydrogens is 198 g/mol. The maximum absolute atomic E-state index is 11.8. The van der Waals surface area contributed by atoms with Gasteiger partial charge >= 0.3 is 0 Å². The minimum absolute atomic E-state index is 0.0785. The Bertz CT molecular complexity index is 368. The van der Waals surface area contributed by atoms with Gasteiger partial charge in [-0.15, -0.1) is 11.3 Å². The van der Waals surface area contributed by atoms with Crippen molar-refractivity contribution in [2.75, 3.05) is 13.1 Å². The van der Waals surface area contributed by atoms with Crippen molar-refractivity contribution in [2.24, 2.45) is 5.73 Å². The second kappa shape index (κ2) is 3.33. The molecule has 2 heterocycles. The molecule has 0 bridgehead atoms. The van der Waals surface area contributed by atoms with Crippen molar-refractivity contribution in [3.63, 3.8) is 0 Å². The van der Waals surface area contributed by atoms with Crippen molar-refractivity contribution in [1.82, 2.24) is 9.88 Å². The van der Waals surface area contributed by atoms with Crippen LogP contribution < -0.4 is 5.73 Å². The molecule has 76 valence electrons. The van der Waals surface area contributed by atoms with Crippen molar-refractivity contribution >= 4 is 17.2 Å². The number of rotatable bonds is 1. The lowest BCUT2D eigenvalue weighted by Gasteiger charge is -2.36. The molecule has 1 aromatic heterocycles. The Morgan fingerprint density at radius 2 is 2.21 bits per heavy atom. The van der Waals surface area contributed by atoms with Crippen LogP contribution in [0.3, 0.4) is 0 Å². The number of amides is 1. The van der Waals surface area contributed by atoms with Gasteiger partial charge in [-0.3, -0.25) is 4.79 Å². The molecule has 1 aromatic rings. The van der Waals surface area contributed by atoms with E-state index in [-0.39, 0.29) is 11.9 Å². The minimum Gasteiger partial charge on any atom is -0.335 e. The molecule has 0 spiro atoms. The minimum atomic E-state index is 0.0785. The molecule has 0 atom stereocenters.